The highest BCUT2D eigenvalue weighted by atomic mass is 32.2. The Hall–Kier alpha value is -1.12. The van der Waals surface area contributed by atoms with Crippen LogP contribution in [0.1, 0.15) is 24.0 Å². The molecule has 2 rings (SSSR count). The van der Waals surface area contributed by atoms with Crippen molar-refractivity contribution in [1.82, 2.24) is 4.31 Å². The molecule has 4 nitrogen and oxygen atoms in total. The van der Waals surface area contributed by atoms with Crippen LogP contribution in [-0.2, 0) is 16.2 Å². The summed E-state index contributed by atoms with van der Waals surface area (Å²) >= 11 is 0. The van der Waals surface area contributed by atoms with Crippen molar-refractivity contribution in [3.8, 4) is 0 Å². The van der Waals surface area contributed by atoms with E-state index in [1.54, 1.807) is 0 Å². The van der Waals surface area contributed by atoms with Crippen LogP contribution < -0.4 is 5.73 Å². The number of aryl methyl sites for hydroxylation is 1. The molecule has 0 amide bonds. The van der Waals surface area contributed by atoms with Crippen molar-refractivity contribution in [3.63, 3.8) is 0 Å². The largest absolute Gasteiger partial charge is 0.416 e. The van der Waals surface area contributed by atoms with E-state index in [9.17, 15) is 21.6 Å². The van der Waals surface area contributed by atoms with Crippen molar-refractivity contribution < 1.29 is 21.6 Å². The first-order valence-electron chi connectivity index (χ1n) is 6.57. The van der Waals surface area contributed by atoms with Crippen LogP contribution in [0.5, 0.6) is 0 Å². The van der Waals surface area contributed by atoms with E-state index in [2.05, 4.69) is 0 Å². The Bertz CT molecular complexity index is 629. The standard InChI is InChI=1S/C13H17F3N2O2S/c1-9-4-5-10(13(14,15)16)7-12(9)21(19,20)18-6-2-3-11(18)8-17/h4-5,7,11H,2-3,6,8,17H2,1H3/t11-/m1/s1. The van der Waals surface area contributed by atoms with E-state index < -0.39 is 21.8 Å². The van der Waals surface area contributed by atoms with Gasteiger partial charge in [0.1, 0.15) is 0 Å². The number of sulfonamides is 1. The Kier molecular flexibility index (Phi) is 4.32. The highest BCUT2D eigenvalue weighted by molar-refractivity contribution is 7.89. The monoisotopic (exact) mass is 322 g/mol. The third kappa shape index (κ3) is 3.07. The molecule has 1 fully saturated rings. The molecule has 0 radical (unpaired) electrons. The average molecular weight is 322 g/mol. The zero-order chi connectivity index (χ0) is 15.8. The molecule has 0 spiro atoms. The maximum absolute atomic E-state index is 12.8. The van der Waals surface area contributed by atoms with Crippen LogP contribution in [-0.4, -0.2) is 31.9 Å². The number of benzene rings is 1. The fraction of sp³-hybridized carbons (Fsp3) is 0.538. The molecule has 0 bridgehead atoms. The summed E-state index contributed by atoms with van der Waals surface area (Å²) in [4.78, 5) is -0.294. The van der Waals surface area contributed by atoms with Crippen molar-refractivity contribution >= 4 is 10.0 Å². The van der Waals surface area contributed by atoms with Gasteiger partial charge in [-0.3, -0.25) is 0 Å². The van der Waals surface area contributed by atoms with Crippen molar-refractivity contribution in [1.29, 1.82) is 0 Å². The van der Waals surface area contributed by atoms with Gasteiger partial charge in [-0.1, -0.05) is 6.07 Å². The zero-order valence-corrected chi connectivity index (χ0v) is 12.3. The minimum absolute atomic E-state index is 0.164. The first kappa shape index (κ1) is 16.3. The van der Waals surface area contributed by atoms with Gasteiger partial charge >= 0.3 is 6.18 Å². The molecule has 2 N–H and O–H groups in total. The van der Waals surface area contributed by atoms with Gasteiger partial charge in [0.05, 0.1) is 10.5 Å². The second kappa shape index (κ2) is 5.58. The number of halogens is 3. The number of alkyl halides is 3. The van der Waals surface area contributed by atoms with Crippen LogP contribution >= 0.6 is 0 Å². The molecule has 0 unspecified atom stereocenters. The van der Waals surface area contributed by atoms with E-state index in [4.69, 9.17) is 5.73 Å². The lowest BCUT2D eigenvalue weighted by Crippen LogP contribution is -2.40. The van der Waals surface area contributed by atoms with Gasteiger partial charge in [0.2, 0.25) is 10.0 Å². The molecule has 118 valence electrons. The third-order valence-corrected chi connectivity index (χ3v) is 5.79. The summed E-state index contributed by atoms with van der Waals surface area (Å²) < 4.78 is 64.8. The third-order valence-electron chi connectivity index (χ3n) is 3.70. The van der Waals surface area contributed by atoms with Crippen LogP contribution in [0.15, 0.2) is 23.1 Å². The summed E-state index contributed by atoms with van der Waals surface area (Å²) in [5, 5.41) is 0. The van der Waals surface area contributed by atoms with Crippen LogP contribution in [0.25, 0.3) is 0 Å². The Morgan fingerprint density at radius 3 is 2.62 bits per heavy atom. The lowest BCUT2D eigenvalue weighted by atomic mass is 10.1. The van der Waals surface area contributed by atoms with Gasteiger partial charge in [-0.05, 0) is 37.5 Å². The van der Waals surface area contributed by atoms with Gasteiger partial charge in [-0.25, -0.2) is 8.42 Å². The normalized spacial score (nSPS) is 20.9. The Balaban J connectivity index is 2.49. The van der Waals surface area contributed by atoms with Gasteiger partial charge < -0.3 is 5.73 Å². The molecule has 1 saturated heterocycles. The molecule has 1 aromatic rings. The summed E-state index contributed by atoms with van der Waals surface area (Å²) in [6.45, 7) is 1.94. The number of rotatable bonds is 3. The van der Waals surface area contributed by atoms with Crippen LogP contribution in [0, 0.1) is 6.92 Å². The van der Waals surface area contributed by atoms with E-state index in [0.717, 1.165) is 6.07 Å². The summed E-state index contributed by atoms with van der Waals surface area (Å²) in [6, 6.07) is 2.43. The van der Waals surface area contributed by atoms with E-state index in [1.165, 1.54) is 17.3 Å². The van der Waals surface area contributed by atoms with Gasteiger partial charge in [0, 0.05) is 19.1 Å². The summed E-state index contributed by atoms with van der Waals surface area (Å²) in [7, 11) is -3.96. The lowest BCUT2D eigenvalue weighted by Gasteiger charge is -2.24. The number of hydrogen-bond donors (Lipinski definition) is 1. The van der Waals surface area contributed by atoms with Crippen molar-refractivity contribution in [2.24, 2.45) is 5.73 Å². The van der Waals surface area contributed by atoms with Crippen LogP contribution in [0.3, 0.4) is 0 Å². The first-order valence-corrected chi connectivity index (χ1v) is 8.01. The van der Waals surface area contributed by atoms with Crippen molar-refractivity contribution in [2.75, 3.05) is 13.1 Å². The fourth-order valence-electron chi connectivity index (χ4n) is 2.54. The highest BCUT2D eigenvalue weighted by Gasteiger charge is 2.37. The van der Waals surface area contributed by atoms with Gasteiger partial charge in [0.15, 0.2) is 0 Å². The molecule has 8 heteroatoms. The first-order chi connectivity index (χ1) is 9.67. The van der Waals surface area contributed by atoms with Crippen LogP contribution in [0.2, 0.25) is 0 Å². The molecule has 1 heterocycles. The Labute approximate surface area is 121 Å². The van der Waals surface area contributed by atoms with E-state index in [0.29, 0.717) is 31.0 Å². The maximum atomic E-state index is 12.8. The predicted molar refractivity (Wildman–Crippen MR) is 72.1 cm³/mol. The molecule has 1 aliphatic heterocycles. The second-order valence-electron chi connectivity index (χ2n) is 5.13. The number of nitrogens with two attached hydrogens (primary N) is 1. The fourth-order valence-corrected chi connectivity index (χ4v) is 4.50. The molecule has 0 saturated carbocycles. The minimum atomic E-state index is -4.57. The van der Waals surface area contributed by atoms with Gasteiger partial charge in [-0.15, -0.1) is 0 Å². The van der Waals surface area contributed by atoms with E-state index in [1.807, 2.05) is 0 Å². The molecular formula is C13H17F3N2O2S. The number of hydrogen-bond acceptors (Lipinski definition) is 3. The Morgan fingerprint density at radius 1 is 1.38 bits per heavy atom. The average Bonchev–Trinajstić information content (AvgIpc) is 2.86. The predicted octanol–water partition coefficient (Wildman–Crippen LogP) is 2.13. The molecule has 0 aromatic heterocycles. The molecule has 21 heavy (non-hydrogen) atoms. The second-order valence-corrected chi connectivity index (χ2v) is 6.98. The van der Waals surface area contributed by atoms with E-state index in [-0.39, 0.29) is 17.5 Å². The number of nitrogens with zero attached hydrogens (tertiary/aromatic N) is 1. The zero-order valence-electron chi connectivity index (χ0n) is 11.5. The molecular weight excluding hydrogens is 305 g/mol. The quantitative estimate of drug-likeness (QED) is 0.927. The topological polar surface area (TPSA) is 63.4 Å². The smallest absolute Gasteiger partial charge is 0.329 e. The maximum Gasteiger partial charge on any atom is 0.416 e. The molecule has 1 atom stereocenters. The van der Waals surface area contributed by atoms with Gasteiger partial charge in [-0.2, -0.15) is 17.5 Å². The Morgan fingerprint density at radius 2 is 2.05 bits per heavy atom. The highest BCUT2D eigenvalue weighted by Crippen LogP contribution is 2.34. The molecule has 1 aliphatic rings. The molecule has 1 aromatic carbocycles. The SMILES string of the molecule is Cc1ccc(C(F)(F)F)cc1S(=O)(=O)N1CCC[C@@H]1CN. The molecule has 0 aliphatic carbocycles. The lowest BCUT2D eigenvalue weighted by molar-refractivity contribution is -0.137. The van der Waals surface area contributed by atoms with Crippen molar-refractivity contribution in [3.05, 3.63) is 29.3 Å². The summed E-state index contributed by atoms with van der Waals surface area (Å²) in [6.07, 6.45) is -3.27. The van der Waals surface area contributed by atoms with E-state index >= 15 is 0 Å². The van der Waals surface area contributed by atoms with Crippen LogP contribution in [0.4, 0.5) is 13.2 Å². The van der Waals surface area contributed by atoms with Gasteiger partial charge in [0.25, 0.3) is 0 Å². The minimum Gasteiger partial charge on any atom is -0.329 e. The summed E-state index contributed by atoms with van der Waals surface area (Å²) in [5.74, 6) is 0. The summed E-state index contributed by atoms with van der Waals surface area (Å²) in [5.41, 5.74) is 4.88. The van der Waals surface area contributed by atoms with Crippen molar-refractivity contribution in [2.45, 2.75) is 36.9 Å².